The lowest BCUT2D eigenvalue weighted by Crippen LogP contribution is -2.19. The van der Waals surface area contributed by atoms with Gasteiger partial charge in [-0.15, -0.1) is 0 Å². The summed E-state index contributed by atoms with van der Waals surface area (Å²) in [5, 5.41) is 14.0. The van der Waals surface area contributed by atoms with Crippen LogP contribution >= 0.6 is 15.9 Å². The van der Waals surface area contributed by atoms with E-state index >= 15 is 0 Å². The maximum absolute atomic E-state index is 10.9. The highest BCUT2D eigenvalue weighted by molar-refractivity contribution is 9.10. The topological polar surface area (TPSA) is 64.4 Å². The van der Waals surface area contributed by atoms with Gasteiger partial charge in [0, 0.05) is 17.1 Å². The van der Waals surface area contributed by atoms with Crippen molar-refractivity contribution in [3.8, 4) is 0 Å². The molecule has 0 amide bonds. The number of anilines is 1. The van der Waals surface area contributed by atoms with E-state index < -0.39 is 0 Å². The Balaban J connectivity index is 2.21. The van der Waals surface area contributed by atoms with E-state index in [1.54, 1.807) is 12.1 Å². The lowest BCUT2D eigenvalue weighted by molar-refractivity contribution is -0.384. The molecule has 0 saturated carbocycles. The number of hydrogen-bond acceptors (Lipinski definition) is 4. The van der Waals surface area contributed by atoms with E-state index in [1.165, 1.54) is 6.07 Å². The molecule has 6 heteroatoms. The molecule has 1 saturated heterocycles. The second-order valence-electron chi connectivity index (χ2n) is 3.62. The van der Waals surface area contributed by atoms with Crippen LogP contribution in [0.25, 0.3) is 0 Å². The Morgan fingerprint density at radius 2 is 2.38 bits per heavy atom. The maximum Gasteiger partial charge on any atom is 0.293 e. The largest absolute Gasteiger partial charge is 0.379 e. The summed E-state index contributed by atoms with van der Waals surface area (Å²) >= 11 is 3.22. The van der Waals surface area contributed by atoms with Crippen LogP contribution in [0.2, 0.25) is 0 Å². The molecule has 0 aromatic heterocycles. The molecule has 0 unspecified atom stereocenters. The molecule has 1 fully saturated rings. The van der Waals surface area contributed by atoms with Crippen LogP contribution in [-0.4, -0.2) is 24.2 Å². The molecule has 1 aromatic rings. The molecule has 1 aromatic carbocycles. The van der Waals surface area contributed by atoms with Crippen LogP contribution in [0, 0.1) is 10.1 Å². The highest BCUT2D eigenvalue weighted by Crippen LogP contribution is 2.29. The number of nitrogens with zero attached hydrogens (tertiary/aromatic N) is 1. The molecular formula is C10H11BrN2O3. The molecule has 0 spiro atoms. The number of hydrogen-bond donors (Lipinski definition) is 1. The number of nitro groups is 1. The predicted molar refractivity (Wildman–Crippen MR) is 63.6 cm³/mol. The highest BCUT2D eigenvalue weighted by Gasteiger charge is 2.20. The van der Waals surface area contributed by atoms with Crippen LogP contribution in [0.3, 0.4) is 0 Å². The Morgan fingerprint density at radius 3 is 3.00 bits per heavy atom. The van der Waals surface area contributed by atoms with Crippen LogP contribution in [-0.2, 0) is 4.74 Å². The Bertz CT molecular complexity index is 405. The zero-order chi connectivity index (χ0) is 11.5. The van der Waals surface area contributed by atoms with Gasteiger partial charge in [-0.25, -0.2) is 0 Å². The third-order valence-corrected chi connectivity index (χ3v) is 2.94. The van der Waals surface area contributed by atoms with E-state index in [0.717, 1.165) is 6.42 Å². The lowest BCUT2D eigenvalue weighted by atomic mass is 10.2. The van der Waals surface area contributed by atoms with Crippen LogP contribution in [0.4, 0.5) is 11.4 Å². The van der Waals surface area contributed by atoms with Gasteiger partial charge < -0.3 is 10.1 Å². The molecule has 86 valence electrons. The van der Waals surface area contributed by atoms with Gasteiger partial charge in [0.2, 0.25) is 0 Å². The van der Waals surface area contributed by atoms with Gasteiger partial charge in [-0.1, -0.05) is 15.9 Å². The van der Waals surface area contributed by atoms with Crippen molar-refractivity contribution in [1.82, 2.24) is 0 Å². The van der Waals surface area contributed by atoms with Crippen LogP contribution in [0.5, 0.6) is 0 Å². The molecule has 0 radical (unpaired) electrons. The van der Waals surface area contributed by atoms with Gasteiger partial charge in [0.25, 0.3) is 5.69 Å². The number of ether oxygens (including phenoxy) is 1. The number of halogens is 1. The molecule has 1 N–H and O–H groups in total. The van der Waals surface area contributed by atoms with Gasteiger partial charge in [0.05, 0.1) is 17.6 Å². The number of nitrogens with one attached hydrogen (secondary N) is 1. The van der Waals surface area contributed by atoms with Crippen molar-refractivity contribution in [3.63, 3.8) is 0 Å². The molecule has 1 aliphatic rings. The number of nitro benzene ring substituents is 1. The Kier molecular flexibility index (Phi) is 3.40. The summed E-state index contributed by atoms with van der Waals surface area (Å²) in [5.74, 6) is 0. The van der Waals surface area contributed by atoms with Gasteiger partial charge in [-0.2, -0.15) is 0 Å². The SMILES string of the molecule is O=[N+]([O-])c1cc(Br)ccc1N[C@@H]1CCOC1. The molecule has 0 bridgehead atoms. The fourth-order valence-corrected chi connectivity index (χ4v) is 2.00. The first-order valence-corrected chi connectivity index (χ1v) is 5.74. The van der Waals surface area contributed by atoms with E-state index in [0.29, 0.717) is 23.4 Å². The third-order valence-electron chi connectivity index (χ3n) is 2.45. The van der Waals surface area contributed by atoms with Crippen LogP contribution in [0.1, 0.15) is 6.42 Å². The molecule has 1 aliphatic heterocycles. The summed E-state index contributed by atoms with van der Waals surface area (Å²) in [4.78, 5) is 10.5. The minimum Gasteiger partial charge on any atom is -0.379 e. The van der Waals surface area contributed by atoms with Crippen molar-refractivity contribution < 1.29 is 9.66 Å². The second-order valence-corrected chi connectivity index (χ2v) is 4.54. The van der Waals surface area contributed by atoms with Crippen molar-refractivity contribution in [2.75, 3.05) is 18.5 Å². The van der Waals surface area contributed by atoms with Gasteiger partial charge in [0.15, 0.2) is 0 Å². The first-order valence-electron chi connectivity index (χ1n) is 4.95. The zero-order valence-electron chi connectivity index (χ0n) is 8.48. The molecule has 1 atom stereocenters. The number of rotatable bonds is 3. The molecule has 16 heavy (non-hydrogen) atoms. The van der Waals surface area contributed by atoms with Crippen molar-refractivity contribution in [2.24, 2.45) is 0 Å². The fraction of sp³-hybridized carbons (Fsp3) is 0.400. The monoisotopic (exact) mass is 286 g/mol. The quantitative estimate of drug-likeness (QED) is 0.685. The van der Waals surface area contributed by atoms with Gasteiger partial charge in [-0.3, -0.25) is 10.1 Å². The Labute approximate surface area is 101 Å². The molecule has 1 heterocycles. The summed E-state index contributed by atoms with van der Waals surface area (Å²) < 4.78 is 5.91. The van der Waals surface area contributed by atoms with Gasteiger partial charge >= 0.3 is 0 Å². The van der Waals surface area contributed by atoms with E-state index in [-0.39, 0.29) is 16.7 Å². The van der Waals surface area contributed by atoms with Crippen molar-refractivity contribution in [3.05, 3.63) is 32.8 Å². The van der Waals surface area contributed by atoms with Crippen molar-refractivity contribution in [2.45, 2.75) is 12.5 Å². The van der Waals surface area contributed by atoms with E-state index in [4.69, 9.17) is 4.74 Å². The Morgan fingerprint density at radius 1 is 1.56 bits per heavy atom. The minimum atomic E-state index is -0.386. The smallest absolute Gasteiger partial charge is 0.293 e. The maximum atomic E-state index is 10.9. The average Bonchev–Trinajstić information content (AvgIpc) is 2.73. The minimum absolute atomic E-state index is 0.0845. The molecule has 0 aliphatic carbocycles. The van der Waals surface area contributed by atoms with Crippen LogP contribution in [0.15, 0.2) is 22.7 Å². The summed E-state index contributed by atoms with van der Waals surface area (Å²) in [6.07, 6.45) is 0.882. The predicted octanol–water partition coefficient (Wildman–Crippen LogP) is 2.56. The standard InChI is InChI=1S/C10H11BrN2O3/c11-7-1-2-9(10(5-7)13(14)15)12-8-3-4-16-6-8/h1-2,5,8,12H,3-4,6H2/t8-/m1/s1. The normalized spacial score (nSPS) is 19.7. The first kappa shape index (κ1) is 11.3. The van der Waals surface area contributed by atoms with E-state index in [2.05, 4.69) is 21.2 Å². The molecule has 2 rings (SSSR count). The molecule has 5 nitrogen and oxygen atoms in total. The Hall–Kier alpha value is -1.14. The number of benzene rings is 1. The average molecular weight is 287 g/mol. The third kappa shape index (κ3) is 2.51. The van der Waals surface area contributed by atoms with E-state index in [1.807, 2.05) is 0 Å². The summed E-state index contributed by atoms with van der Waals surface area (Å²) in [6.45, 7) is 1.31. The summed E-state index contributed by atoms with van der Waals surface area (Å²) in [7, 11) is 0. The van der Waals surface area contributed by atoms with Crippen LogP contribution < -0.4 is 5.32 Å². The fourth-order valence-electron chi connectivity index (χ4n) is 1.65. The second kappa shape index (κ2) is 4.80. The van der Waals surface area contributed by atoms with Gasteiger partial charge in [-0.05, 0) is 18.6 Å². The van der Waals surface area contributed by atoms with Crippen molar-refractivity contribution in [1.29, 1.82) is 0 Å². The highest BCUT2D eigenvalue weighted by atomic mass is 79.9. The van der Waals surface area contributed by atoms with Crippen molar-refractivity contribution >= 4 is 27.3 Å². The van der Waals surface area contributed by atoms with E-state index in [9.17, 15) is 10.1 Å². The summed E-state index contributed by atoms with van der Waals surface area (Å²) in [5.41, 5.74) is 0.630. The molecular weight excluding hydrogens is 276 g/mol. The lowest BCUT2D eigenvalue weighted by Gasteiger charge is -2.12. The first-order chi connectivity index (χ1) is 7.66. The summed E-state index contributed by atoms with van der Waals surface area (Å²) in [6, 6.07) is 5.16. The zero-order valence-corrected chi connectivity index (χ0v) is 10.1. The van der Waals surface area contributed by atoms with Gasteiger partial charge in [0.1, 0.15) is 5.69 Å².